The predicted molar refractivity (Wildman–Crippen MR) is 82.5 cm³/mol. The predicted octanol–water partition coefficient (Wildman–Crippen LogP) is 1.81. The summed E-state index contributed by atoms with van der Waals surface area (Å²) in [6.45, 7) is 3.65. The fraction of sp³-hybridized carbons (Fsp3) is 0.500. The zero-order chi connectivity index (χ0) is 15.0. The maximum absolute atomic E-state index is 12.6. The number of rotatable bonds is 2. The number of hydrogen-bond acceptors (Lipinski definition) is 3. The summed E-state index contributed by atoms with van der Waals surface area (Å²) in [7, 11) is 4.21. The monoisotopic (exact) mass is 286 g/mol. The van der Waals surface area contributed by atoms with Gasteiger partial charge in [-0.05, 0) is 46.0 Å². The number of aromatic nitrogens is 2. The number of aryl methyl sites for hydroxylation is 1. The number of piperidine rings is 1. The van der Waals surface area contributed by atoms with Crippen molar-refractivity contribution < 1.29 is 4.79 Å². The lowest BCUT2D eigenvalue weighted by Crippen LogP contribution is -2.44. The molecule has 0 atom stereocenters. The second-order valence-electron chi connectivity index (χ2n) is 6.01. The van der Waals surface area contributed by atoms with Crippen LogP contribution in [0.25, 0.3) is 5.65 Å². The average Bonchev–Trinajstić information content (AvgIpc) is 2.92. The van der Waals surface area contributed by atoms with E-state index in [9.17, 15) is 4.79 Å². The van der Waals surface area contributed by atoms with Crippen LogP contribution in [0, 0.1) is 6.92 Å². The van der Waals surface area contributed by atoms with Gasteiger partial charge in [0.05, 0.1) is 0 Å². The average molecular weight is 286 g/mol. The third kappa shape index (κ3) is 2.65. The first kappa shape index (κ1) is 14.1. The molecule has 1 aliphatic rings. The molecule has 0 bridgehead atoms. The molecule has 0 saturated carbocycles. The minimum atomic E-state index is 0.0512. The molecule has 2 aromatic heterocycles. The van der Waals surface area contributed by atoms with Crippen molar-refractivity contribution in [3.05, 3.63) is 35.8 Å². The van der Waals surface area contributed by atoms with E-state index in [0.717, 1.165) is 37.3 Å². The second-order valence-corrected chi connectivity index (χ2v) is 6.01. The largest absolute Gasteiger partial charge is 0.337 e. The molecule has 1 aliphatic heterocycles. The van der Waals surface area contributed by atoms with Crippen LogP contribution in [-0.2, 0) is 0 Å². The van der Waals surface area contributed by atoms with Crippen LogP contribution in [0.1, 0.15) is 29.0 Å². The Morgan fingerprint density at radius 3 is 2.62 bits per heavy atom. The van der Waals surface area contributed by atoms with Crippen molar-refractivity contribution in [3.8, 4) is 0 Å². The molecule has 1 amide bonds. The summed E-state index contributed by atoms with van der Waals surface area (Å²) in [5, 5.41) is 0. The summed E-state index contributed by atoms with van der Waals surface area (Å²) in [6.07, 6.45) is 3.92. The van der Waals surface area contributed by atoms with E-state index in [1.807, 2.05) is 40.6 Å². The van der Waals surface area contributed by atoms with Crippen molar-refractivity contribution in [1.29, 1.82) is 0 Å². The molecule has 0 unspecified atom stereocenters. The molecule has 0 radical (unpaired) electrons. The van der Waals surface area contributed by atoms with Crippen LogP contribution >= 0.6 is 0 Å². The number of carbonyl (C=O) groups is 1. The number of likely N-dealkylation sites (tertiary alicyclic amines) is 1. The highest BCUT2D eigenvalue weighted by Crippen LogP contribution is 2.17. The van der Waals surface area contributed by atoms with Gasteiger partial charge >= 0.3 is 0 Å². The molecule has 112 valence electrons. The molecule has 1 saturated heterocycles. The molecule has 0 aliphatic carbocycles. The fourth-order valence-electron chi connectivity index (χ4n) is 3.00. The van der Waals surface area contributed by atoms with Crippen molar-refractivity contribution in [1.82, 2.24) is 19.2 Å². The summed E-state index contributed by atoms with van der Waals surface area (Å²) in [5.41, 5.74) is 2.47. The number of amides is 1. The lowest BCUT2D eigenvalue weighted by atomic mass is 10.0. The zero-order valence-corrected chi connectivity index (χ0v) is 12.9. The number of carbonyl (C=O) groups excluding carboxylic acids is 1. The third-order valence-electron chi connectivity index (χ3n) is 4.40. The summed E-state index contributed by atoms with van der Waals surface area (Å²) in [4.78, 5) is 21.2. The van der Waals surface area contributed by atoms with Crippen molar-refractivity contribution in [2.45, 2.75) is 25.8 Å². The van der Waals surface area contributed by atoms with Gasteiger partial charge in [0.2, 0.25) is 0 Å². The molecule has 0 aromatic carbocycles. The number of nitrogens with zero attached hydrogens (tertiary/aromatic N) is 4. The van der Waals surface area contributed by atoms with Crippen molar-refractivity contribution in [3.63, 3.8) is 0 Å². The van der Waals surface area contributed by atoms with Crippen LogP contribution in [0.5, 0.6) is 0 Å². The normalized spacial score (nSPS) is 16.9. The van der Waals surface area contributed by atoms with E-state index in [0.29, 0.717) is 11.7 Å². The van der Waals surface area contributed by atoms with E-state index in [1.54, 1.807) is 0 Å². The zero-order valence-electron chi connectivity index (χ0n) is 12.9. The molecule has 5 nitrogen and oxygen atoms in total. The van der Waals surface area contributed by atoms with Crippen LogP contribution in [0.3, 0.4) is 0 Å². The Bertz CT molecular complexity index is 653. The first-order valence-corrected chi connectivity index (χ1v) is 7.46. The van der Waals surface area contributed by atoms with Gasteiger partial charge in [0.1, 0.15) is 11.3 Å². The summed E-state index contributed by atoms with van der Waals surface area (Å²) in [5.74, 6) is 0.0512. The first-order chi connectivity index (χ1) is 10.1. The van der Waals surface area contributed by atoms with Gasteiger partial charge < -0.3 is 14.2 Å². The molecule has 2 aromatic rings. The molecule has 0 spiro atoms. The number of pyridine rings is 1. The molecule has 3 rings (SSSR count). The molecular formula is C16H22N4O. The maximum Gasteiger partial charge on any atom is 0.274 e. The van der Waals surface area contributed by atoms with Crippen LogP contribution < -0.4 is 0 Å². The van der Waals surface area contributed by atoms with E-state index in [-0.39, 0.29) is 5.91 Å². The highest BCUT2D eigenvalue weighted by atomic mass is 16.2. The molecule has 0 N–H and O–H groups in total. The first-order valence-electron chi connectivity index (χ1n) is 7.46. The van der Waals surface area contributed by atoms with Crippen molar-refractivity contribution in [2.24, 2.45) is 0 Å². The van der Waals surface area contributed by atoms with Crippen LogP contribution in [-0.4, -0.2) is 58.3 Å². The Labute approximate surface area is 125 Å². The third-order valence-corrected chi connectivity index (χ3v) is 4.40. The second kappa shape index (κ2) is 5.48. The van der Waals surface area contributed by atoms with Gasteiger partial charge in [0.15, 0.2) is 0 Å². The van der Waals surface area contributed by atoms with Crippen molar-refractivity contribution >= 4 is 11.6 Å². The summed E-state index contributed by atoms with van der Waals surface area (Å²) in [6, 6.07) is 6.50. The number of imidazole rings is 1. The van der Waals surface area contributed by atoms with Gasteiger partial charge in [-0.3, -0.25) is 4.79 Å². The quantitative estimate of drug-likeness (QED) is 0.845. The van der Waals surface area contributed by atoms with Gasteiger partial charge in [-0.25, -0.2) is 4.98 Å². The minimum absolute atomic E-state index is 0.0512. The van der Waals surface area contributed by atoms with Gasteiger partial charge in [0, 0.05) is 31.0 Å². The summed E-state index contributed by atoms with van der Waals surface area (Å²) < 4.78 is 1.97. The van der Waals surface area contributed by atoms with E-state index >= 15 is 0 Å². The van der Waals surface area contributed by atoms with E-state index in [1.165, 1.54) is 0 Å². The van der Waals surface area contributed by atoms with E-state index in [2.05, 4.69) is 24.0 Å². The Kier molecular flexibility index (Phi) is 3.68. The number of fused-ring (bicyclic) bond motifs is 1. The Balaban J connectivity index is 1.77. The summed E-state index contributed by atoms with van der Waals surface area (Å²) >= 11 is 0. The van der Waals surface area contributed by atoms with E-state index in [4.69, 9.17) is 0 Å². The molecular weight excluding hydrogens is 264 g/mol. The van der Waals surface area contributed by atoms with Gasteiger partial charge in [-0.2, -0.15) is 0 Å². The van der Waals surface area contributed by atoms with Crippen molar-refractivity contribution in [2.75, 3.05) is 27.2 Å². The molecule has 21 heavy (non-hydrogen) atoms. The SMILES string of the molecule is Cc1cccc2nc(C(=O)N3CCC(N(C)C)CC3)cn12. The lowest BCUT2D eigenvalue weighted by molar-refractivity contribution is 0.0658. The maximum atomic E-state index is 12.6. The van der Waals surface area contributed by atoms with Crippen LogP contribution in [0.2, 0.25) is 0 Å². The van der Waals surface area contributed by atoms with Gasteiger partial charge in [-0.15, -0.1) is 0 Å². The van der Waals surface area contributed by atoms with Crippen LogP contribution in [0.15, 0.2) is 24.4 Å². The highest BCUT2D eigenvalue weighted by molar-refractivity contribution is 5.93. The topological polar surface area (TPSA) is 40.9 Å². The fourth-order valence-corrected chi connectivity index (χ4v) is 3.00. The Hall–Kier alpha value is -1.88. The van der Waals surface area contributed by atoms with Crippen LogP contribution in [0.4, 0.5) is 0 Å². The molecule has 3 heterocycles. The smallest absolute Gasteiger partial charge is 0.274 e. The van der Waals surface area contributed by atoms with Gasteiger partial charge in [0.25, 0.3) is 5.91 Å². The Morgan fingerprint density at radius 2 is 2.00 bits per heavy atom. The molecule has 5 heteroatoms. The molecule has 1 fully saturated rings. The van der Waals surface area contributed by atoms with E-state index < -0.39 is 0 Å². The highest BCUT2D eigenvalue weighted by Gasteiger charge is 2.25. The minimum Gasteiger partial charge on any atom is -0.337 e. The lowest BCUT2D eigenvalue weighted by Gasteiger charge is -2.34. The van der Waals surface area contributed by atoms with Gasteiger partial charge in [-0.1, -0.05) is 6.07 Å². The standard InChI is InChI=1S/C16H22N4O/c1-12-5-4-6-15-17-14(11-20(12)15)16(21)19-9-7-13(8-10-19)18(2)3/h4-6,11,13H,7-10H2,1-3H3. The Morgan fingerprint density at radius 1 is 1.29 bits per heavy atom. The number of hydrogen-bond donors (Lipinski definition) is 0.